The number of carbonyl (C=O) groups excluding carboxylic acids is 1. The molecule has 5 heteroatoms. The van der Waals surface area contributed by atoms with Crippen LogP contribution in [0.1, 0.15) is 6.92 Å². The molecule has 1 fully saturated rings. The Morgan fingerprint density at radius 2 is 2.00 bits per heavy atom. The van der Waals surface area contributed by atoms with Gasteiger partial charge in [-0.2, -0.15) is 0 Å². The molecule has 0 saturated carbocycles. The van der Waals surface area contributed by atoms with Gasteiger partial charge >= 0.3 is 6.03 Å². The van der Waals surface area contributed by atoms with Crippen molar-refractivity contribution >= 4 is 18.0 Å². The summed E-state index contributed by atoms with van der Waals surface area (Å²) < 4.78 is 2.32. The molecular weight excluding hydrogens is 186 g/mol. The maximum Gasteiger partial charge on any atom is 0.317 e. The summed E-state index contributed by atoms with van der Waals surface area (Å²) >= 11 is 1.85. The molecule has 0 aromatic carbocycles. The molecule has 1 rings (SSSR count). The smallest absolute Gasteiger partial charge is 0.317 e. The normalized spacial score (nSPS) is 18.8. The van der Waals surface area contributed by atoms with E-state index in [1.165, 1.54) is 0 Å². The summed E-state index contributed by atoms with van der Waals surface area (Å²) in [5.41, 5.74) is 0. The Bertz CT molecular complexity index is 169. The average Bonchev–Trinajstić information content (AvgIpc) is 2.18. The molecule has 0 spiro atoms. The molecule has 1 aliphatic heterocycles. The van der Waals surface area contributed by atoms with Gasteiger partial charge < -0.3 is 10.2 Å². The minimum absolute atomic E-state index is 0.0427. The van der Waals surface area contributed by atoms with Gasteiger partial charge in [-0.25, -0.2) is 9.10 Å². The molecule has 1 aliphatic rings. The quantitative estimate of drug-likeness (QED) is 0.668. The van der Waals surface area contributed by atoms with Gasteiger partial charge in [0, 0.05) is 39.0 Å². The fourth-order valence-electron chi connectivity index (χ4n) is 1.36. The van der Waals surface area contributed by atoms with Crippen LogP contribution in [0, 0.1) is 0 Å². The summed E-state index contributed by atoms with van der Waals surface area (Å²) in [5.74, 6) is 1.11. The maximum absolute atomic E-state index is 11.2. The van der Waals surface area contributed by atoms with Crippen LogP contribution in [0.15, 0.2) is 0 Å². The Balaban J connectivity index is 2.26. The lowest BCUT2D eigenvalue weighted by Gasteiger charge is -2.33. The van der Waals surface area contributed by atoms with E-state index in [0.717, 1.165) is 31.9 Å². The van der Waals surface area contributed by atoms with Crippen LogP contribution >= 0.6 is 11.9 Å². The fourth-order valence-corrected chi connectivity index (χ4v) is 2.15. The Morgan fingerprint density at radius 3 is 2.46 bits per heavy atom. The third-order valence-electron chi connectivity index (χ3n) is 2.05. The number of amides is 2. The highest BCUT2D eigenvalue weighted by Gasteiger charge is 2.19. The van der Waals surface area contributed by atoms with Crippen LogP contribution in [0.2, 0.25) is 0 Å². The molecule has 1 heterocycles. The third kappa shape index (κ3) is 3.08. The molecule has 2 amide bonds. The van der Waals surface area contributed by atoms with Gasteiger partial charge in [-0.1, -0.05) is 18.9 Å². The van der Waals surface area contributed by atoms with Gasteiger partial charge in [-0.3, -0.25) is 0 Å². The largest absolute Gasteiger partial charge is 0.341 e. The van der Waals surface area contributed by atoms with E-state index < -0.39 is 0 Å². The van der Waals surface area contributed by atoms with Gasteiger partial charge in [0.1, 0.15) is 0 Å². The third-order valence-corrected chi connectivity index (χ3v) is 3.04. The van der Waals surface area contributed by atoms with Crippen molar-refractivity contribution in [3.8, 4) is 0 Å². The Kier molecular flexibility index (Phi) is 4.38. The molecule has 4 nitrogen and oxygen atoms in total. The van der Waals surface area contributed by atoms with E-state index in [1.54, 1.807) is 7.05 Å². The van der Waals surface area contributed by atoms with Gasteiger partial charge in [0.2, 0.25) is 0 Å². The zero-order chi connectivity index (χ0) is 9.68. The standard InChI is InChI=1S/C8H17N3OS/c1-3-13-11-6-4-10(5-7-11)8(12)9-2/h3-7H2,1-2H3,(H,9,12). The number of rotatable bonds is 2. The molecule has 0 radical (unpaired) electrons. The van der Waals surface area contributed by atoms with Crippen molar-refractivity contribution in [1.82, 2.24) is 14.5 Å². The minimum atomic E-state index is 0.0427. The van der Waals surface area contributed by atoms with Crippen LogP contribution in [0.5, 0.6) is 0 Å². The van der Waals surface area contributed by atoms with Crippen LogP contribution in [0.4, 0.5) is 4.79 Å². The highest BCUT2D eigenvalue weighted by atomic mass is 32.2. The highest BCUT2D eigenvalue weighted by Crippen LogP contribution is 2.12. The molecule has 0 aromatic heterocycles. The Hall–Kier alpha value is -0.420. The summed E-state index contributed by atoms with van der Waals surface area (Å²) in [6, 6.07) is 0.0427. The Morgan fingerprint density at radius 1 is 1.38 bits per heavy atom. The highest BCUT2D eigenvalue weighted by molar-refractivity contribution is 7.96. The summed E-state index contributed by atoms with van der Waals surface area (Å²) in [5, 5.41) is 2.64. The monoisotopic (exact) mass is 203 g/mol. The van der Waals surface area contributed by atoms with E-state index in [9.17, 15) is 4.79 Å². The first-order valence-electron chi connectivity index (χ1n) is 4.62. The number of carbonyl (C=O) groups is 1. The van der Waals surface area contributed by atoms with E-state index in [0.29, 0.717) is 0 Å². The summed E-state index contributed by atoms with van der Waals surface area (Å²) in [6.45, 7) is 5.78. The van der Waals surface area contributed by atoms with Crippen LogP contribution < -0.4 is 5.32 Å². The number of hydrogen-bond donors (Lipinski definition) is 1. The number of piperazine rings is 1. The predicted octanol–water partition coefficient (Wildman–Crippen LogP) is 0.611. The van der Waals surface area contributed by atoms with Crippen LogP contribution in [-0.2, 0) is 0 Å². The lowest BCUT2D eigenvalue weighted by atomic mass is 10.4. The van der Waals surface area contributed by atoms with Crippen LogP contribution in [0.3, 0.4) is 0 Å². The number of nitrogens with one attached hydrogen (secondary N) is 1. The molecule has 0 aromatic rings. The first-order valence-corrected chi connectivity index (χ1v) is 5.56. The van der Waals surface area contributed by atoms with Crippen LogP contribution in [0.25, 0.3) is 0 Å². The van der Waals surface area contributed by atoms with Crippen molar-refractivity contribution in [2.24, 2.45) is 0 Å². The second kappa shape index (κ2) is 5.34. The van der Waals surface area contributed by atoms with Crippen molar-refractivity contribution in [1.29, 1.82) is 0 Å². The SMILES string of the molecule is CCSN1CCN(C(=O)NC)CC1. The van der Waals surface area contributed by atoms with Crippen molar-refractivity contribution in [2.75, 3.05) is 39.0 Å². The van der Waals surface area contributed by atoms with Gasteiger partial charge in [0.05, 0.1) is 0 Å². The van der Waals surface area contributed by atoms with E-state index >= 15 is 0 Å². The van der Waals surface area contributed by atoms with Crippen molar-refractivity contribution in [3.63, 3.8) is 0 Å². The van der Waals surface area contributed by atoms with E-state index in [1.807, 2.05) is 16.8 Å². The minimum Gasteiger partial charge on any atom is -0.341 e. The first kappa shape index (κ1) is 10.7. The molecule has 13 heavy (non-hydrogen) atoms. The van der Waals surface area contributed by atoms with Crippen molar-refractivity contribution in [2.45, 2.75) is 6.92 Å². The van der Waals surface area contributed by atoms with Crippen molar-refractivity contribution < 1.29 is 4.79 Å². The van der Waals surface area contributed by atoms with E-state index in [2.05, 4.69) is 16.5 Å². The first-order chi connectivity index (χ1) is 6.27. The summed E-state index contributed by atoms with van der Waals surface area (Å²) in [6.07, 6.45) is 0. The molecule has 0 aliphatic carbocycles. The van der Waals surface area contributed by atoms with Crippen molar-refractivity contribution in [3.05, 3.63) is 0 Å². The molecule has 76 valence electrons. The van der Waals surface area contributed by atoms with Gasteiger partial charge in [0.25, 0.3) is 0 Å². The molecule has 0 bridgehead atoms. The van der Waals surface area contributed by atoms with Gasteiger partial charge in [0.15, 0.2) is 0 Å². The summed E-state index contributed by atoms with van der Waals surface area (Å²) in [7, 11) is 1.68. The molecule has 1 saturated heterocycles. The molecular formula is C8H17N3OS. The lowest BCUT2D eigenvalue weighted by Crippen LogP contribution is -2.49. The second-order valence-electron chi connectivity index (χ2n) is 2.89. The topological polar surface area (TPSA) is 35.6 Å². The van der Waals surface area contributed by atoms with Gasteiger partial charge in [-0.15, -0.1) is 0 Å². The number of urea groups is 1. The number of nitrogens with zero attached hydrogens (tertiary/aromatic N) is 2. The fraction of sp³-hybridized carbons (Fsp3) is 0.875. The Labute approximate surface area is 83.8 Å². The lowest BCUT2D eigenvalue weighted by molar-refractivity contribution is 0.178. The van der Waals surface area contributed by atoms with Crippen LogP contribution in [-0.4, -0.2) is 54.2 Å². The predicted molar refractivity (Wildman–Crippen MR) is 55.7 cm³/mol. The average molecular weight is 203 g/mol. The zero-order valence-corrected chi connectivity index (χ0v) is 9.06. The number of hydrogen-bond acceptors (Lipinski definition) is 3. The molecule has 0 unspecified atom stereocenters. The van der Waals surface area contributed by atoms with Gasteiger partial charge in [-0.05, 0) is 0 Å². The zero-order valence-electron chi connectivity index (χ0n) is 8.25. The maximum atomic E-state index is 11.2. The molecule has 0 atom stereocenters. The second-order valence-corrected chi connectivity index (χ2v) is 4.24. The van der Waals surface area contributed by atoms with E-state index in [-0.39, 0.29) is 6.03 Å². The molecule has 1 N–H and O–H groups in total. The summed E-state index contributed by atoms with van der Waals surface area (Å²) in [4.78, 5) is 13.1. The van der Waals surface area contributed by atoms with E-state index in [4.69, 9.17) is 0 Å².